The third-order valence-corrected chi connectivity index (χ3v) is 5.84. The summed E-state index contributed by atoms with van der Waals surface area (Å²) < 4.78 is 10.7. The van der Waals surface area contributed by atoms with Crippen molar-refractivity contribution in [1.82, 2.24) is 15.6 Å². The zero-order valence-corrected chi connectivity index (χ0v) is 18.6. The molecule has 34 heavy (non-hydrogen) atoms. The van der Waals surface area contributed by atoms with Crippen molar-refractivity contribution in [1.29, 1.82) is 0 Å². The van der Waals surface area contributed by atoms with Crippen LogP contribution in [0.1, 0.15) is 53.1 Å². The molecule has 1 atom stereocenters. The third kappa shape index (κ3) is 4.93. The quantitative estimate of drug-likeness (QED) is 0.441. The lowest BCUT2D eigenvalue weighted by Gasteiger charge is -2.15. The number of aliphatic carboxylic acids is 1. The number of nitrogens with zero attached hydrogens (tertiary/aromatic N) is 1. The van der Waals surface area contributed by atoms with Gasteiger partial charge in [-0.25, -0.2) is 9.78 Å². The lowest BCUT2D eigenvalue weighted by Crippen LogP contribution is -2.37. The smallest absolute Gasteiger partial charge is 0.407 e. The number of nitrogens with one attached hydrogen (secondary N) is 2. The first-order valence-corrected chi connectivity index (χ1v) is 11.0. The zero-order chi connectivity index (χ0) is 24.1. The van der Waals surface area contributed by atoms with Crippen LogP contribution in [0.2, 0.25) is 0 Å². The molecule has 1 aliphatic rings. The molecule has 3 N–H and O–H groups in total. The van der Waals surface area contributed by atoms with Gasteiger partial charge in [0.1, 0.15) is 6.61 Å². The summed E-state index contributed by atoms with van der Waals surface area (Å²) in [5.41, 5.74) is 4.48. The van der Waals surface area contributed by atoms with Crippen LogP contribution in [0.15, 0.2) is 59.3 Å². The van der Waals surface area contributed by atoms with Crippen LogP contribution in [0.4, 0.5) is 4.79 Å². The molecule has 9 nitrogen and oxygen atoms in total. The van der Waals surface area contributed by atoms with Crippen LogP contribution in [0.5, 0.6) is 0 Å². The number of rotatable bonds is 9. The fourth-order valence-corrected chi connectivity index (χ4v) is 4.14. The molecule has 0 bridgehead atoms. The van der Waals surface area contributed by atoms with Crippen LogP contribution in [0.25, 0.3) is 11.1 Å². The Morgan fingerprint density at radius 3 is 2.35 bits per heavy atom. The van der Waals surface area contributed by atoms with Gasteiger partial charge in [0.15, 0.2) is 17.8 Å². The molecule has 0 aliphatic heterocycles. The highest BCUT2D eigenvalue weighted by atomic mass is 16.5. The van der Waals surface area contributed by atoms with Crippen LogP contribution in [-0.4, -0.2) is 40.7 Å². The van der Waals surface area contributed by atoms with Gasteiger partial charge in [-0.1, -0.05) is 55.5 Å². The number of hydrogen-bond acceptors (Lipinski definition) is 6. The number of carboxylic acid groups (broad SMARTS) is 1. The Kier molecular flexibility index (Phi) is 6.91. The second-order valence-electron chi connectivity index (χ2n) is 7.98. The predicted octanol–water partition coefficient (Wildman–Crippen LogP) is 3.70. The largest absolute Gasteiger partial charge is 0.481 e. The van der Waals surface area contributed by atoms with Crippen molar-refractivity contribution >= 4 is 18.0 Å². The minimum Gasteiger partial charge on any atom is -0.481 e. The molecule has 0 radical (unpaired) electrons. The molecule has 0 unspecified atom stereocenters. The van der Waals surface area contributed by atoms with Crippen molar-refractivity contribution in [3.8, 4) is 11.1 Å². The van der Waals surface area contributed by atoms with E-state index in [1.807, 2.05) is 36.4 Å². The molecule has 2 amide bonds. The van der Waals surface area contributed by atoms with Crippen LogP contribution in [0.3, 0.4) is 0 Å². The molecule has 0 fully saturated rings. The normalized spacial score (nSPS) is 13.0. The van der Waals surface area contributed by atoms with Gasteiger partial charge in [0.2, 0.25) is 0 Å². The predicted molar refractivity (Wildman–Crippen MR) is 122 cm³/mol. The summed E-state index contributed by atoms with van der Waals surface area (Å²) in [6.07, 6.45) is 0.695. The maximum absolute atomic E-state index is 12.5. The highest BCUT2D eigenvalue weighted by Gasteiger charge is 2.29. The molecule has 0 saturated carbocycles. The Hall–Kier alpha value is -4.14. The zero-order valence-electron chi connectivity index (χ0n) is 18.6. The first-order valence-electron chi connectivity index (χ1n) is 11.0. The summed E-state index contributed by atoms with van der Waals surface area (Å²) in [5.74, 6) is -1.49. The second kappa shape index (κ2) is 10.2. The average Bonchev–Trinajstić information content (AvgIpc) is 3.43. The van der Waals surface area contributed by atoms with Gasteiger partial charge < -0.3 is 24.9 Å². The van der Waals surface area contributed by atoms with Crippen molar-refractivity contribution in [3.63, 3.8) is 0 Å². The van der Waals surface area contributed by atoms with Gasteiger partial charge in [0.05, 0.1) is 13.0 Å². The SMILES string of the molecule is CC[C@@H](CC(=O)O)NC(=O)c1ncoc1CNC(=O)OCC1c2ccccc2-c2ccccc21. The molecule has 1 heterocycles. The molecular weight excluding hydrogens is 438 g/mol. The van der Waals surface area contributed by atoms with E-state index in [4.69, 9.17) is 14.3 Å². The van der Waals surface area contributed by atoms with Gasteiger partial charge in [0, 0.05) is 12.0 Å². The van der Waals surface area contributed by atoms with Gasteiger partial charge in [-0.05, 0) is 28.7 Å². The van der Waals surface area contributed by atoms with E-state index in [0.717, 1.165) is 28.6 Å². The highest BCUT2D eigenvalue weighted by Crippen LogP contribution is 2.44. The van der Waals surface area contributed by atoms with E-state index in [-0.39, 0.29) is 36.9 Å². The molecule has 4 rings (SSSR count). The fraction of sp³-hybridized carbons (Fsp3) is 0.280. The fourth-order valence-electron chi connectivity index (χ4n) is 4.14. The standard InChI is InChI=1S/C25H25N3O6/c1-2-15(11-22(29)30)28-24(31)23-21(34-14-27-23)12-26-25(32)33-13-20-18-9-5-3-7-16(18)17-8-4-6-10-19(17)20/h3-10,14-15,20H,2,11-13H2,1H3,(H,26,32)(H,28,31)(H,29,30)/t15-/m0/s1. The van der Waals surface area contributed by atoms with E-state index in [1.54, 1.807) is 6.92 Å². The summed E-state index contributed by atoms with van der Waals surface area (Å²) >= 11 is 0. The number of amides is 2. The van der Waals surface area contributed by atoms with Crippen LogP contribution >= 0.6 is 0 Å². The molecule has 1 aromatic heterocycles. The summed E-state index contributed by atoms with van der Waals surface area (Å²) in [7, 11) is 0. The molecule has 3 aromatic rings. The summed E-state index contributed by atoms with van der Waals surface area (Å²) in [6, 6.07) is 15.6. The van der Waals surface area contributed by atoms with Gasteiger partial charge >= 0.3 is 12.1 Å². The molecule has 0 spiro atoms. The number of benzene rings is 2. The van der Waals surface area contributed by atoms with Crippen LogP contribution in [-0.2, 0) is 16.1 Å². The molecule has 0 saturated heterocycles. The van der Waals surface area contributed by atoms with Gasteiger partial charge in [-0.3, -0.25) is 9.59 Å². The van der Waals surface area contributed by atoms with Gasteiger partial charge in [-0.15, -0.1) is 0 Å². The van der Waals surface area contributed by atoms with Crippen LogP contribution < -0.4 is 10.6 Å². The molecule has 2 aromatic carbocycles. The Morgan fingerprint density at radius 2 is 1.74 bits per heavy atom. The van der Waals surface area contributed by atoms with Gasteiger partial charge in [0.25, 0.3) is 5.91 Å². The van der Waals surface area contributed by atoms with Crippen LogP contribution in [0, 0.1) is 0 Å². The summed E-state index contributed by atoms with van der Waals surface area (Å²) in [4.78, 5) is 39.7. The first-order chi connectivity index (χ1) is 16.5. The third-order valence-electron chi connectivity index (χ3n) is 5.84. The number of oxazole rings is 1. The first kappa shape index (κ1) is 23.0. The lowest BCUT2D eigenvalue weighted by molar-refractivity contribution is -0.137. The van der Waals surface area contributed by atoms with Crippen molar-refractivity contribution in [2.24, 2.45) is 0 Å². The minimum absolute atomic E-state index is 0.0113. The summed E-state index contributed by atoms with van der Waals surface area (Å²) in [5, 5.41) is 14.2. The van der Waals surface area contributed by atoms with Crippen molar-refractivity contribution < 1.29 is 28.6 Å². The maximum Gasteiger partial charge on any atom is 0.407 e. The number of hydrogen-bond donors (Lipinski definition) is 3. The molecular formula is C25H25N3O6. The Bertz CT molecular complexity index is 1160. The maximum atomic E-state index is 12.5. The van der Waals surface area contributed by atoms with Crippen molar-refractivity contribution in [2.45, 2.75) is 38.3 Å². The van der Waals surface area contributed by atoms with E-state index in [1.165, 1.54) is 0 Å². The van der Waals surface area contributed by atoms with Crippen molar-refractivity contribution in [2.75, 3.05) is 6.61 Å². The lowest BCUT2D eigenvalue weighted by atomic mass is 9.98. The Morgan fingerprint density at radius 1 is 1.09 bits per heavy atom. The summed E-state index contributed by atoms with van der Waals surface area (Å²) in [6.45, 7) is 1.84. The van der Waals surface area contributed by atoms with E-state index in [9.17, 15) is 14.4 Å². The number of carboxylic acids is 1. The molecule has 9 heteroatoms. The van der Waals surface area contributed by atoms with Gasteiger partial charge in [-0.2, -0.15) is 0 Å². The number of carbonyl (C=O) groups excluding carboxylic acids is 2. The molecule has 1 aliphatic carbocycles. The Balaban J connectivity index is 1.34. The van der Waals surface area contributed by atoms with E-state index in [0.29, 0.717) is 6.42 Å². The monoisotopic (exact) mass is 463 g/mol. The topological polar surface area (TPSA) is 131 Å². The van der Waals surface area contributed by atoms with E-state index >= 15 is 0 Å². The minimum atomic E-state index is -1.01. The second-order valence-corrected chi connectivity index (χ2v) is 7.98. The average molecular weight is 463 g/mol. The van der Waals surface area contributed by atoms with E-state index in [2.05, 4.69) is 27.8 Å². The number of fused-ring (bicyclic) bond motifs is 3. The van der Waals surface area contributed by atoms with Crippen molar-refractivity contribution in [3.05, 3.63) is 77.5 Å². The number of ether oxygens (including phenoxy) is 1. The number of aromatic nitrogens is 1. The Labute approximate surface area is 196 Å². The number of alkyl carbamates (subject to hydrolysis) is 1. The van der Waals surface area contributed by atoms with E-state index < -0.39 is 24.0 Å². The molecule has 176 valence electrons. The number of carbonyl (C=O) groups is 3. The highest BCUT2D eigenvalue weighted by molar-refractivity contribution is 5.93.